The van der Waals surface area contributed by atoms with E-state index in [-0.39, 0.29) is 5.54 Å². The third-order valence-electron chi connectivity index (χ3n) is 4.42. The van der Waals surface area contributed by atoms with E-state index in [2.05, 4.69) is 25.7 Å². The number of hydrogen-bond donors (Lipinski definition) is 1. The van der Waals surface area contributed by atoms with Crippen molar-refractivity contribution in [3.8, 4) is 5.75 Å². The fourth-order valence-corrected chi connectivity index (χ4v) is 3.56. The van der Waals surface area contributed by atoms with Crippen molar-refractivity contribution in [2.24, 2.45) is 5.73 Å². The second-order valence-electron chi connectivity index (χ2n) is 5.90. The molecule has 1 aromatic carbocycles. The van der Waals surface area contributed by atoms with Crippen LogP contribution in [0.1, 0.15) is 20.8 Å². The lowest BCUT2D eigenvalue weighted by Crippen LogP contribution is -2.64. The standard InChI is InChI=1S/C14H17N3OS2/c1-13(2)14(3)8-16(11(15)19)12(20)17(14)9-6-4-5-7-10(9)18-13/h4-7H,8H2,1-3H3,(H2,15,19). The van der Waals surface area contributed by atoms with Gasteiger partial charge in [0.2, 0.25) is 0 Å². The summed E-state index contributed by atoms with van der Waals surface area (Å²) in [7, 11) is 0. The molecule has 2 aliphatic heterocycles. The van der Waals surface area contributed by atoms with Gasteiger partial charge < -0.3 is 15.4 Å². The van der Waals surface area contributed by atoms with E-state index in [0.717, 1.165) is 11.4 Å². The predicted molar refractivity (Wildman–Crippen MR) is 88.1 cm³/mol. The van der Waals surface area contributed by atoms with Crippen LogP contribution in [0.3, 0.4) is 0 Å². The Kier molecular flexibility index (Phi) is 2.75. The van der Waals surface area contributed by atoms with Crippen molar-refractivity contribution in [1.29, 1.82) is 0 Å². The molecule has 4 nitrogen and oxygen atoms in total. The monoisotopic (exact) mass is 307 g/mol. The summed E-state index contributed by atoms with van der Waals surface area (Å²) < 4.78 is 6.20. The first-order valence-corrected chi connectivity index (χ1v) is 7.29. The molecule has 0 bridgehead atoms. The number of ether oxygens (including phenoxy) is 1. The summed E-state index contributed by atoms with van der Waals surface area (Å²) in [6, 6.07) is 7.91. The van der Waals surface area contributed by atoms with Crippen LogP contribution in [0.5, 0.6) is 5.75 Å². The summed E-state index contributed by atoms with van der Waals surface area (Å²) in [6.45, 7) is 6.90. The topological polar surface area (TPSA) is 41.7 Å². The van der Waals surface area contributed by atoms with Crippen LogP contribution >= 0.6 is 24.4 Å². The van der Waals surface area contributed by atoms with E-state index in [1.807, 2.05) is 24.3 Å². The summed E-state index contributed by atoms with van der Waals surface area (Å²) >= 11 is 10.7. The van der Waals surface area contributed by atoms with Crippen LogP contribution in [0.15, 0.2) is 24.3 Å². The van der Waals surface area contributed by atoms with Crippen LogP contribution in [-0.4, -0.2) is 32.8 Å². The zero-order chi connectivity index (χ0) is 14.7. The molecule has 1 saturated heterocycles. The molecule has 106 valence electrons. The van der Waals surface area contributed by atoms with Gasteiger partial charge in [-0.3, -0.25) is 4.90 Å². The SMILES string of the molecule is CC1(C)Oc2ccccc2N2C(=S)N(C(N)=S)CC21C. The minimum Gasteiger partial charge on any atom is -0.483 e. The van der Waals surface area contributed by atoms with E-state index in [1.54, 1.807) is 4.90 Å². The number of para-hydroxylation sites is 2. The normalized spacial score (nSPS) is 26.9. The van der Waals surface area contributed by atoms with Crippen LogP contribution in [0, 0.1) is 0 Å². The van der Waals surface area contributed by atoms with Crippen LogP contribution in [0.25, 0.3) is 0 Å². The van der Waals surface area contributed by atoms with Crippen molar-refractivity contribution in [2.75, 3.05) is 11.4 Å². The number of thiocarbonyl (C=S) groups is 2. The van der Waals surface area contributed by atoms with Gasteiger partial charge >= 0.3 is 0 Å². The van der Waals surface area contributed by atoms with Gasteiger partial charge in [0.25, 0.3) is 0 Å². The summed E-state index contributed by atoms with van der Waals surface area (Å²) in [5.41, 5.74) is 6.05. The van der Waals surface area contributed by atoms with Gasteiger partial charge in [-0.2, -0.15) is 0 Å². The molecule has 2 N–H and O–H groups in total. The lowest BCUT2D eigenvalue weighted by atomic mass is 9.81. The highest BCUT2D eigenvalue weighted by Crippen LogP contribution is 2.49. The van der Waals surface area contributed by atoms with E-state index >= 15 is 0 Å². The molecule has 6 heteroatoms. The minimum absolute atomic E-state index is 0.305. The fraction of sp³-hybridized carbons (Fsp3) is 0.429. The number of rotatable bonds is 0. The molecular formula is C14H17N3OS2. The Morgan fingerprint density at radius 1 is 1.30 bits per heavy atom. The summed E-state index contributed by atoms with van der Waals surface area (Å²) in [5.74, 6) is 0.835. The highest BCUT2D eigenvalue weighted by atomic mass is 32.1. The molecule has 1 atom stereocenters. The number of nitrogens with two attached hydrogens (primary N) is 1. The van der Waals surface area contributed by atoms with Crippen molar-refractivity contribution in [2.45, 2.75) is 31.9 Å². The molecule has 3 rings (SSSR count). The fourth-order valence-electron chi connectivity index (χ4n) is 2.89. The molecule has 1 aromatic rings. The smallest absolute Gasteiger partial charge is 0.183 e. The van der Waals surface area contributed by atoms with Gasteiger partial charge in [0.1, 0.15) is 16.9 Å². The Hall–Kier alpha value is -1.40. The zero-order valence-electron chi connectivity index (χ0n) is 11.7. The maximum Gasteiger partial charge on any atom is 0.183 e. The van der Waals surface area contributed by atoms with Crippen LogP contribution in [0.2, 0.25) is 0 Å². The summed E-state index contributed by atoms with van der Waals surface area (Å²) in [6.07, 6.45) is 0. The van der Waals surface area contributed by atoms with Crippen LogP contribution in [0.4, 0.5) is 5.69 Å². The Morgan fingerprint density at radius 2 is 1.95 bits per heavy atom. The number of anilines is 1. The van der Waals surface area contributed by atoms with Crippen LogP contribution in [-0.2, 0) is 0 Å². The van der Waals surface area contributed by atoms with Crippen molar-refractivity contribution < 1.29 is 4.74 Å². The summed E-state index contributed by atoms with van der Waals surface area (Å²) in [4.78, 5) is 3.93. The highest BCUT2D eigenvalue weighted by Gasteiger charge is 2.59. The second kappa shape index (κ2) is 4.05. The maximum atomic E-state index is 6.20. The molecule has 2 heterocycles. The molecular weight excluding hydrogens is 290 g/mol. The summed E-state index contributed by atoms with van der Waals surface area (Å²) in [5, 5.41) is 0.947. The Labute approximate surface area is 129 Å². The van der Waals surface area contributed by atoms with E-state index in [4.69, 9.17) is 34.9 Å². The van der Waals surface area contributed by atoms with E-state index in [9.17, 15) is 0 Å². The first kappa shape index (κ1) is 13.6. The largest absolute Gasteiger partial charge is 0.483 e. The molecule has 0 aromatic heterocycles. The number of fused-ring (bicyclic) bond motifs is 3. The van der Waals surface area contributed by atoms with E-state index in [1.165, 1.54) is 0 Å². The zero-order valence-corrected chi connectivity index (χ0v) is 13.3. The lowest BCUT2D eigenvalue weighted by Gasteiger charge is -2.50. The first-order valence-electron chi connectivity index (χ1n) is 6.47. The number of hydrogen-bond acceptors (Lipinski definition) is 3. The molecule has 2 aliphatic rings. The van der Waals surface area contributed by atoms with E-state index in [0.29, 0.717) is 16.8 Å². The predicted octanol–water partition coefficient (Wildman–Crippen LogP) is 2.27. The molecule has 1 fully saturated rings. The Morgan fingerprint density at radius 3 is 2.60 bits per heavy atom. The van der Waals surface area contributed by atoms with Gasteiger partial charge in [-0.15, -0.1) is 0 Å². The third kappa shape index (κ3) is 1.58. The van der Waals surface area contributed by atoms with E-state index < -0.39 is 5.60 Å². The molecule has 0 saturated carbocycles. The highest BCUT2D eigenvalue weighted by molar-refractivity contribution is 7.82. The van der Waals surface area contributed by atoms with Gasteiger partial charge in [0.05, 0.1) is 12.2 Å². The van der Waals surface area contributed by atoms with Gasteiger partial charge in [0.15, 0.2) is 10.2 Å². The van der Waals surface area contributed by atoms with Gasteiger partial charge in [-0.25, -0.2) is 0 Å². The first-order chi connectivity index (χ1) is 9.28. The quantitative estimate of drug-likeness (QED) is 0.742. The molecule has 0 radical (unpaired) electrons. The number of benzene rings is 1. The average molecular weight is 307 g/mol. The lowest BCUT2D eigenvalue weighted by molar-refractivity contribution is 0.0260. The third-order valence-corrected chi connectivity index (χ3v) is 5.04. The van der Waals surface area contributed by atoms with Crippen LogP contribution < -0.4 is 15.4 Å². The van der Waals surface area contributed by atoms with Gasteiger partial charge in [0, 0.05) is 0 Å². The minimum atomic E-state index is -0.412. The average Bonchev–Trinajstić information content (AvgIpc) is 2.64. The van der Waals surface area contributed by atoms with Crippen molar-refractivity contribution >= 4 is 40.3 Å². The Bertz CT molecular complexity index is 616. The molecule has 0 spiro atoms. The van der Waals surface area contributed by atoms with Crippen molar-refractivity contribution in [3.05, 3.63) is 24.3 Å². The number of nitrogens with zero attached hydrogens (tertiary/aromatic N) is 2. The van der Waals surface area contributed by atoms with Gasteiger partial charge in [-0.05, 0) is 57.3 Å². The van der Waals surface area contributed by atoms with Crippen molar-refractivity contribution in [3.63, 3.8) is 0 Å². The Balaban J connectivity index is 2.21. The van der Waals surface area contributed by atoms with Crippen molar-refractivity contribution in [1.82, 2.24) is 4.90 Å². The molecule has 20 heavy (non-hydrogen) atoms. The second-order valence-corrected chi connectivity index (χ2v) is 6.68. The van der Waals surface area contributed by atoms with Gasteiger partial charge in [-0.1, -0.05) is 12.1 Å². The molecule has 1 unspecified atom stereocenters. The maximum absolute atomic E-state index is 6.20. The molecule has 0 amide bonds. The molecule has 0 aliphatic carbocycles.